The van der Waals surface area contributed by atoms with Gasteiger partial charge in [-0.05, 0) is 42.8 Å². The average molecular weight is 294 g/mol. The van der Waals surface area contributed by atoms with E-state index in [2.05, 4.69) is 10.3 Å². The lowest BCUT2D eigenvalue weighted by Gasteiger charge is -2.09. The maximum atomic E-state index is 11.9. The van der Waals surface area contributed by atoms with Crippen LogP contribution in [-0.2, 0) is 4.79 Å². The van der Waals surface area contributed by atoms with E-state index in [9.17, 15) is 4.79 Å². The first-order valence-electron chi connectivity index (χ1n) is 7.44. The van der Waals surface area contributed by atoms with Crippen LogP contribution in [-0.4, -0.2) is 10.9 Å². The van der Waals surface area contributed by atoms with Crippen molar-refractivity contribution in [2.75, 3.05) is 5.32 Å². The van der Waals surface area contributed by atoms with E-state index in [0.29, 0.717) is 5.89 Å². The number of nitrogens with one attached hydrogen (secondary N) is 1. The fraction of sp³-hybridized carbons (Fsp3) is 0.222. The number of para-hydroxylation sites is 2. The predicted molar refractivity (Wildman–Crippen MR) is 87.5 cm³/mol. The SMILES string of the molecule is CC[C@@H](C)C(=O)Nc1ccc(-c2nc3ccccc3o2)cc1. The third-order valence-corrected chi connectivity index (χ3v) is 3.75. The molecule has 0 radical (unpaired) electrons. The number of rotatable bonds is 4. The van der Waals surface area contributed by atoms with Crippen LogP contribution in [0, 0.1) is 5.92 Å². The maximum Gasteiger partial charge on any atom is 0.227 e. The van der Waals surface area contributed by atoms with Crippen LogP contribution in [0.4, 0.5) is 5.69 Å². The molecule has 0 aliphatic carbocycles. The topological polar surface area (TPSA) is 55.1 Å². The highest BCUT2D eigenvalue weighted by atomic mass is 16.3. The molecule has 0 saturated heterocycles. The quantitative estimate of drug-likeness (QED) is 0.772. The normalized spacial score (nSPS) is 12.3. The van der Waals surface area contributed by atoms with E-state index in [0.717, 1.165) is 28.8 Å². The molecular formula is C18H18N2O2. The van der Waals surface area contributed by atoms with Gasteiger partial charge in [0.05, 0.1) is 0 Å². The lowest BCUT2D eigenvalue weighted by molar-refractivity contribution is -0.119. The number of aromatic nitrogens is 1. The van der Waals surface area contributed by atoms with Crippen molar-refractivity contribution in [3.63, 3.8) is 0 Å². The molecule has 1 heterocycles. The monoisotopic (exact) mass is 294 g/mol. The summed E-state index contributed by atoms with van der Waals surface area (Å²) in [6.07, 6.45) is 0.826. The van der Waals surface area contributed by atoms with Crippen LogP contribution >= 0.6 is 0 Å². The summed E-state index contributed by atoms with van der Waals surface area (Å²) in [5, 5.41) is 2.91. The fourth-order valence-corrected chi connectivity index (χ4v) is 2.14. The van der Waals surface area contributed by atoms with Crippen molar-refractivity contribution < 1.29 is 9.21 Å². The van der Waals surface area contributed by atoms with Crippen molar-refractivity contribution >= 4 is 22.7 Å². The van der Waals surface area contributed by atoms with E-state index in [1.165, 1.54) is 0 Å². The molecule has 0 unspecified atom stereocenters. The average Bonchev–Trinajstić information content (AvgIpc) is 2.98. The standard InChI is InChI=1S/C18H18N2O2/c1-3-12(2)17(21)19-14-10-8-13(9-11-14)18-20-15-6-4-5-7-16(15)22-18/h4-12H,3H2,1-2H3,(H,19,21)/t12-/m1/s1. The van der Waals surface area contributed by atoms with Gasteiger partial charge in [0.25, 0.3) is 0 Å². The molecule has 1 atom stereocenters. The van der Waals surface area contributed by atoms with Gasteiger partial charge in [-0.3, -0.25) is 4.79 Å². The highest BCUT2D eigenvalue weighted by Gasteiger charge is 2.11. The zero-order chi connectivity index (χ0) is 15.5. The van der Waals surface area contributed by atoms with Crippen molar-refractivity contribution in [1.29, 1.82) is 0 Å². The van der Waals surface area contributed by atoms with Crippen molar-refractivity contribution in [3.05, 3.63) is 48.5 Å². The first-order chi connectivity index (χ1) is 10.7. The molecule has 1 N–H and O–H groups in total. The molecule has 4 nitrogen and oxygen atoms in total. The first kappa shape index (κ1) is 14.3. The Morgan fingerprint density at radius 3 is 2.59 bits per heavy atom. The summed E-state index contributed by atoms with van der Waals surface area (Å²) >= 11 is 0. The van der Waals surface area contributed by atoms with E-state index in [-0.39, 0.29) is 11.8 Å². The molecule has 1 amide bonds. The van der Waals surface area contributed by atoms with Crippen LogP contribution in [0.25, 0.3) is 22.6 Å². The number of carbonyl (C=O) groups excluding carboxylic acids is 1. The van der Waals surface area contributed by atoms with Gasteiger partial charge < -0.3 is 9.73 Å². The smallest absolute Gasteiger partial charge is 0.227 e. The van der Waals surface area contributed by atoms with E-state index < -0.39 is 0 Å². The van der Waals surface area contributed by atoms with E-state index in [1.807, 2.05) is 62.4 Å². The molecular weight excluding hydrogens is 276 g/mol. The number of benzene rings is 2. The van der Waals surface area contributed by atoms with Crippen molar-refractivity contribution in [1.82, 2.24) is 4.98 Å². The fourth-order valence-electron chi connectivity index (χ4n) is 2.14. The zero-order valence-electron chi connectivity index (χ0n) is 12.7. The van der Waals surface area contributed by atoms with Crippen molar-refractivity contribution in [2.45, 2.75) is 20.3 Å². The Balaban J connectivity index is 1.80. The third-order valence-electron chi connectivity index (χ3n) is 3.75. The lowest BCUT2D eigenvalue weighted by atomic mass is 10.1. The molecule has 2 aromatic carbocycles. The minimum atomic E-state index is 0.0108. The summed E-state index contributed by atoms with van der Waals surface area (Å²) in [5.74, 6) is 0.634. The minimum absolute atomic E-state index is 0.0108. The summed E-state index contributed by atoms with van der Waals surface area (Å²) in [6.45, 7) is 3.92. The van der Waals surface area contributed by atoms with Gasteiger partial charge in [0.2, 0.25) is 11.8 Å². The van der Waals surface area contributed by atoms with Crippen LogP contribution in [0.2, 0.25) is 0 Å². The molecule has 4 heteroatoms. The molecule has 0 saturated carbocycles. The molecule has 112 valence electrons. The second-order valence-electron chi connectivity index (χ2n) is 5.36. The first-order valence-corrected chi connectivity index (χ1v) is 7.44. The Morgan fingerprint density at radius 2 is 1.91 bits per heavy atom. The molecule has 0 fully saturated rings. The van der Waals surface area contributed by atoms with Gasteiger partial charge in [0, 0.05) is 17.2 Å². The van der Waals surface area contributed by atoms with Crippen LogP contribution in [0.15, 0.2) is 52.9 Å². The second kappa shape index (κ2) is 6.02. The Bertz CT molecular complexity index is 757. The van der Waals surface area contributed by atoms with E-state index in [4.69, 9.17) is 4.42 Å². The highest BCUT2D eigenvalue weighted by Crippen LogP contribution is 2.25. The van der Waals surface area contributed by atoms with Gasteiger partial charge in [-0.1, -0.05) is 26.0 Å². The van der Waals surface area contributed by atoms with Crippen LogP contribution in [0.1, 0.15) is 20.3 Å². The number of anilines is 1. The molecule has 0 aliphatic rings. The second-order valence-corrected chi connectivity index (χ2v) is 5.36. The highest BCUT2D eigenvalue weighted by molar-refractivity contribution is 5.92. The number of hydrogen-bond acceptors (Lipinski definition) is 3. The van der Waals surface area contributed by atoms with Gasteiger partial charge in [0.15, 0.2) is 5.58 Å². The number of fused-ring (bicyclic) bond motifs is 1. The number of nitrogens with zero attached hydrogens (tertiary/aromatic N) is 1. The predicted octanol–water partition coefficient (Wildman–Crippen LogP) is 4.48. The van der Waals surface area contributed by atoms with Gasteiger partial charge in [-0.2, -0.15) is 0 Å². The number of carbonyl (C=O) groups is 1. The largest absolute Gasteiger partial charge is 0.436 e. The zero-order valence-corrected chi connectivity index (χ0v) is 12.7. The minimum Gasteiger partial charge on any atom is -0.436 e. The maximum absolute atomic E-state index is 11.9. The van der Waals surface area contributed by atoms with Crippen molar-refractivity contribution in [3.8, 4) is 11.5 Å². The van der Waals surface area contributed by atoms with Gasteiger partial charge in [-0.25, -0.2) is 4.98 Å². The Morgan fingerprint density at radius 1 is 1.18 bits per heavy atom. The summed E-state index contributed by atoms with van der Waals surface area (Å²) in [6, 6.07) is 15.2. The summed E-state index contributed by atoms with van der Waals surface area (Å²) in [7, 11) is 0. The number of amides is 1. The van der Waals surface area contributed by atoms with E-state index >= 15 is 0 Å². The molecule has 3 rings (SSSR count). The van der Waals surface area contributed by atoms with Gasteiger partial charge in [0.1, 0.15) is 5.52 Å². The Hall–Kier alpha value is -2.62. The molecule has 0 spiro atoms. The molecule has 3 aromatic rings. The van der Waals surface area contributed by atoms with Crippen LogP contribution < -0.4 is 5.32 Å². The molecule has 0 bridgehead atoms. The molecule has 0 aliphatic heterocycles. The Kier molecular flexibility index (Phi) is 3.92. The van der Waals surface area contributed by atoms with Crippen molar-refractivity contribution in [2.24, 2.45) is 5.92 Å². The number of oxazole rings is 1. The summed E-state index contributed by atoms with van der Waals surface area (Å²) < 4.78 is 5.73. The summed E-state index contributed by atoms with van der Waals surface area (Å²) in [4.78, 5) is 16.3. The molecule has 22 heavy (non-hydrogen) atoms. The van der Waals surface area contributed by atoms with Crippen LogP contribution in [0.5, 0.6) is 0 Å². The number of hydrogen-bond donors (Lipinski definition) is 1. The van der Waals surface area contributed by atoms with Crippen LogP contribution in [0.3, 0.4) is 0 Å². The van der Waals surface area contributed by atoms with E-state index in [1.54, 1.807) is 0 Å². The summed E-state index contributed by atoms with van der Waals surface area (Å²) in [5.41, 5.74) is 3.28. The molecule has 1 aromatic heterocycles. The lowest BCUT2D eigenvalue weighted by Crippen LogP contribution is -2.19. The van der Waals surface area contributed by atoms with Gasteiger partial charge in [-0.15, -0.1) is 0 Å². The Labute approximate surface area is 129 Å². The van der Waals surface area contributed by atoms with Gasteiger partial charge >= 0.3 is 0 Å². The third kappa shape index (κ3) is 2.86.